The SMILES string of the molecule is Cc1nc(-c2ccccc2)sc1C(=O)NNC(=O)c1ccc(CN2C(=O)CCC2=O)cc1. The Kier molecular flexibility index (Phi) is 6.09. The van der Waals surface area contributed by atoms with Crippen LogP contribution < -0.4 is 10.9 Å². The highest BCUT2D eigenvalue weighted by atomic mass is 32.1. The summed E-state index contributed by atoms with van der Waals surface area (Å²) in [5, 5.41) is 0.727. The fraction of sp³-hybridized carbons (Fsp3) is 0.174. The number of aryl methyl sites for hydroxylation is 1. The number of nitrogens with one attached hydrogen (secondary N) is 2. The van der Waals surface area contributed by atoms with Crippen LogP contribution >= 0.6 is 11.3 Å². The van der Waals surface area contributed by atoms with Gasteiger partial charge in [-0.25, -0.2) is 4.98 Å². The highest BCUT2D eigenvalue weighted by molar-refractivity contribution is 7.17. The standard InChI is InChI=1S/C23H20N4O4S/c1-14-20(32-23(24-14)17-5-3-2-4-6-17)22(31)26-25-21(30)16-9-7-15(8-10-16)13-27-18(28)11-12-19(27)29/h2-10H,11-13H2,1H3,(H,25,30)(H,26,31). The number of nitrogens with zero attached hydrogens (tertiary/aromatic N) is 2. The Morgan fingerprint density at radius 2 is 1.56 bits per heavy atom. The lowest BCUT2D eigenvalue weighted by atomic mass is 10.1. The summed E-state index contributed by atoms with van der Waals surface area (Å²) < 4.78 is 0. The summed E-state index contributed by atoms with van der Waals surface area (Å²) in [6, 6.07) is 16.0. The molecule has 0 bridgehead atoms. The van der Waals surface area contributed by atoms with Crippen LogP contribution in [0.5, 0.6) is 0 Å². The molecule has 0 unspecified atom stereocenters. The van der Waals surface area contributed by atoms with Crippen LogP contribution in [0.2, 0.25) is 0 Å². The topological polar surface area (TPSA) is 108 Å². The number of benzene rings is 2. The Morgan fingerprint density at radius 3 is 2.22 bits per heavy atom. The Bertz CT molecular complexity index is 1170. The molecule has 162 valence electrons. The van der Waals surface area contributed by atoms with E-state index < -0.39 is 11.8 Å². The maximum absolute atomic E-state index is 12.5. The van der Waals surface area contributed by atoms with Crippen molar-refractivity contribution in [1.29, 1.82) is 0 Å². The van der Waals surface area contributed by atoms with Gasteiger partial charge in [0, 0.05) is 24.0 Å². The molecule has 3 aromatic rings. The Hall–Kier alpha value is -3.85. The Balaban J connectivity index is 1.35. The van der Waals surface area contributed by atoms with Gasteiger partial charge in [0.2, 0.25) is 11.8 Å². The summed E-state index contributed by atoms with van der Waals surface area (Å²) in [7, 11) is 0. The van der Waals surface area contributed by atoms with Gasteiger partial charge in [-0.1, -0.05) is 42.5 Å². The van der Waals surface area contributed by atoms with Crippen molar-refractivity contribution in [3.8, 4) is 10.6 Å². The monoisotopic (exact) mass is 448 g/mol. The molecule has 4 rings (SSSR count). The highest BCUT2D eigenvalue weighted by Crippen LogP contribution is 2.27. The molecule has 0 spiro atoms. The van der Waals surface area contributed by atoms with Gasteiger partial charge in [0.15, 0.2) is 0 Å². The number of amides is 4. The van der Waals surface area contributed by atoms with Crippen LogP contribution in [0.3, 0.4) is 0 Å². The molecular formula is C23H20N4O4S. The molecule has 2 heterocycles. The Labute approximate surface area is 188 Å². The third-order valence-corrected chi connectivity index (χ3v) is 6.23. The second kappa shape index (κ2) is 9.11. The summed E-state index contributed by atoms with van der Waals surface area (Å²) in [4.78, 5) is 54.5. The number of carbonyl (C=O) groups excluding carboxylic acids is 4. The first-order valence-corrected chi connectivity index (χ1v) is 10.8. The largest absolute Gasteiger partial charge is 0.281 e. The molecule has 0 saturated carbocycles. The van der Waals surface area contributed by atoms with Gasteiger partial charge in [-0.3, -0.25) is 34.9 Å². The first-order chi connectivity index (χ1) is 15.4. The minimum atomic E-state index is -0.483. The first-order valence-electron chi connectivity index (χ1n) is 9.98. The minimum absolute atomic E-state index is 0.185. The van der Waals surface area contributed by atoms with Crippen molar-refractivity contribution in [2.24, 2.45) is 0 Å². The molecule has 32 heavy (non-hydrogen) atoms. The van der Waals surface area contributed by atoms with E-state index >= 15 is 0 Å². The van der Waals surface area contributed by atoms with Crippen LogP contribution in [0.15, 0.2) is 54.6 Å². The fourth-order valence-corrected chi connectivity index (χ4v) is 4.26. The van der Waals surface area contributed by atoms with E-state index in [9.17, 15) is 19.2 Å². The van der Waals surface area contributed by atoms with Gasteiger partial charge in [-0.05, 0) is 24.6 Å². The van der Waals surface area contributed by atoms with Crippen molar-refractivity contribution in [2.45, 2.75) is 26.3 Å². The van der Waals surface area contributed by atoms with Gasteiger partial charge in [-0.15, -0.1) is 11.3 Å². The average molecular weight is 449 g/mol. The molecule has 1 fully saturated rings. The van der Waals surface area contributed by atoms with Crippen molar-refractivity contribution < 1.29 is 19.2 Å². The summed E-state index contributed by atoms with van der Waals surface area (Å²) >= 11 is 1.25. The van der Waals surface area contributed by atoms with E-state index in [2.05, 4.69) is 15.8 Å². The predicted octanol–water partition coefficient (Wildman–Crippen LogP) is 2.84. The van der Waals surface area contributed by atoms with Crippen LogP contribution in [-0.4, -0.2) is 33.5 Å². The van der Waals surface area contributed by atoms with E-state index in [1.165, 1.54) is 16.2 Å². The summed E-state index contributed by atoms with van der Waals surface area (Å²) in [6.45, 7) is 1.93. The molecule has 1 aromatic heterocycles. The van der Waals surface area contributed by atoms with E-state index in [0.717, 1.165) is 16.1 Å². The van der Waals surface area contributed by atoms with Gasteiger partial charge in [-0.2, -0.15) is 0 Å². The normalized spacial score (nSPS) is 13.3. The molecule has 8 nitrogen and oxygen atoms in total. The quantitative estimate of drug-likeness (QED) is 0.461. The van der Waals surface area contributed by atoms with E-state index in [1.807, 2.05) is 30.3 Å². The molecule has 1 saturated heterocycles. The van der Waals surface area contributed by atoms with Crippen LogP contribution in [0.4, 0.5) is 0 Å². The molecule has 0 aliphatic carbocycles. The van der Waals surface area contributed by atoms with Crippen LogP contribution in [0, 0.1) is 6.92 Å². The third-order valence-electron chi connectivity index (χ3n) is 5.02. The number of hydrogen-bond acceptors (Lipinski definition) is 6. The van der Waals surface area contributed by atoms with Crippen LogP contribution in [-0.2, 0) is 16.1 Å². The number of imide groups is 1. The smallest absolute Gasteiger partial charge is 0.278 e. The van der Waals surface area contributed by atoms with Gasteiger partial charge >= 0.3 is 0 Å². The molecule has 0 atom stereocenters. The molecule has 2 aromatic carbocycles. The van der Waals surface area contributed by atoms with Crippen molar-refractivity contribution in [1.82, 2.24) is 20.7 Å². The fourth-order valence-electron chi connectivity index (χ4n) is 3.30. The highest BCUT2D eigenvalue weighted by Gasteiger charge is 2.28. The Morgan fingerprint density at radius 1 is 0.938 bits per heavy atom. The van der Waals surface area contributed by atoms with Crippen molar-refractivity contribution in [2.75, 3.05) is 0 Å². The van der Waals surface area contributed by atoms with Crippen molar-refractivity contribution in [3.05, 3.63) is 76.3 Å². The third kappa shape index (κ3) is 4.57. The number of hydrogen-bond donors (Lipinski definition) is 2. The number of hydrazine groups is 1. The lowest BCUT2D eigenvalue weighted by Crippen LogP contribution is -2.41. The number of likely N-dealkylation sites (tertiary alicyclic amines) is 1. The maximum atomic E-state index is 12.5. The molecule has 4 amide bonds. The second-order valence-corrected chi connectivity index (χ2v) is 8.28. The summed E-state index contributed by atoms with van der Waals surface area (Å²) in [6.07, 6.45) is 0.482. The van der Waals surface area contributed by atoms with Gasteiger partial charge in [0.1, 0.15) is 9.88 Å². The van der Waals surface area contributed by atoms with Crippen molar-refractivity contribution >= 4 is 35.0 Å². The number of carbonyl (C=O) groups is 4. The average Bonchev–Trinajstić information content (AvgIpc) is 3.35. The number of aromatic nitrogens is 1. The molecule has 0 radical (unpaired) electrons. The summed E-state index contributed by atoms with van der Waals surface area (Å²) in [5.41, 5.74) is 7.39. The van der Waals surface area contributed by atoms with Gasteiger partial charge in [0.25, 0.3) is 11.8 Å². The molecule has 9 heteroatoms. The molecule has 1 aliphatic rings. The summed E-state index contributed by atoms with van der Waals surface area (Å²) in [5.74, 6) is -1.30. The zero-order valence-electron chi connectivity index (χ0n) is 17.3. The lowest BCUT2D eigenvalue weighted by molar-refractivity contribution is -0.139. The van der Waals surface area contributed by atoms with E-state index in [1.54, 1.807) is 31.2 Å². The van der Waals surface area contributed by atoms with E-state index in [-0.39, 0.29) is 31.2 Å². The molecule has 1 aliphatic heterocycles. The zero-order chi connectivity index (χ0) is 22.7. The molecular weight excluding hydrogens is 428 g/mol. The zero-order valence-corrected chi connectivity index (χ0v) is 18.1. The van der Waals surface area contributed by atoms with E-state index in [4.69, 9.17) is 0 Å². The second-order valence-electron chi connectivity index (χ2n) is 7.28. The van der Waals surface area contributed by atoms with Gasteiger partial charge in [0.05, 0.1) is 12.2 Å². The first kappa shape index (κ1) is 21.4. The van der Waals surface area contributed by atoms with Crippen molar-refractivity contribution in [3.63, 3.8) is 0 Å². The van der Waals surface area contributed by atoms with E-state index in [0.29, 0.717) is 16.1 Å². The maximum Gasteiger partial charge on any atom is 0.281 e. The predicted molar refractivity (Wildman–Crippen MR) is 118 cm³/mol. The van der Waals surface area contributed by atoms with Gasteiger partial charge < -0.3 is 0 Å². The van der Waals surface area contributed by atoms with Crippen LogP contribution in [0.1, 0.15) is 44.1 Å². The lowest BCUT2D eigenvalue weighted by Gasteiger charge is -2.14. The number of thiazole rings is 1. The van der Waals surface area contributed by atoms with Crippen LogP contribution in [0.25, 0.3) is 10.6 Å². The number of rotatable bonds is 5. The minimum Gasteiger partial charge on any atom is -0.278 e. The molecule has 2 N–H and O–H groups in total.